The van der Waals surface area contributed by atoms with Crippen LogP contribution in [0.5, 0.6) is 0 Å². The van der Waals surface area contributed by atoms with Gasteiger partial charge in [-0.1, -0.05) is 24.3 Å². The van der Waals surface area contributed by atoms with Crippen LogP contribution in [-0.2, 0) is 12.8 Å². The molecule has 94 valence electrons. The molecule has 2 aromatic rings. The maximum atomic E-state index is 6.39. The number of rotatable bonds is 3. The van der Waals surface area contributed by atoms with Crippen LogP contribution in [-0.4, -0.2) is 6.04 Å². The number of aryl methyl sites for hydroxylation is 1. The van der Waals surface area contributed by atoms with Crippen molar-refractivity contribution < 1.29 is 4.42 Å². The average Bonchev–Trinajstić information content (AvgIpc) is 2.91. The zero-order chi connectivity index (χ0) is 12.4. The zero-order valence-electron chi connectivity index (χ0n) is 10.5. The van der Waals surface area contributed by atoms with Crippen LogP contribution < -0.4 is 5.73 Å². The number of fused-ring (bicyclic) bond motifs is 1. The molecular weight excluding hydrogens is 222 g/mol. The summed E-state index contributed by atoms with van der Waals surface area (Å²) < 4.78 is 5.40. The van der Waals surface area contributed by atoms with Crippen molar-refractivity contribution in [2.75, 3.05) is 0 Å². The van der Waals surface area contributed by atoms with Crippen LogP contribution in [0.4, 0.5) is 0 Å². The van der Waals surface area contributed by atoms with E-state index in [0.717, 1.165) is 12.2 Å². The van der Waals surface area contributed by atoms with Crippen molar-refractivity contribution in [2.24, 2.45) is 5.73 Å². The first-order valence-corrected chi connectivity index (χ1v) is 6.70. The van der Waals surface area contributed by atoms with Crippen molar-refractivity contribution >= 4 is 0 Å². The first kappa shape index (κ1) is 11.5. The van der Waals surface area contributed by atoms with Gasteiger partial charge in [-0.15, -0.1) is 0 Å². The molecule has 1 aromatic heterocycles. The fourth-order valence-corrected chi connectivity index (χ4v) is 3.04. The Morgan fingerprint density at radius 1 is 1.22 bits per heavy atom. The number of hydrogen-bond acceptors (Lipinski definition) is 2. The molecule has 1 aromatic carbocycles. The Hall–Kier alpha value is -1.54. The molecule has 1 aliphatic carbocycles. The van der Waals surface area contributed by atoms with Gasteiger partial charge in [0.15, 0.2) is 0 Å². The van der Waals surface area contributed by atoms with Crippen LogP contribution in [0.2, 0.25) is 0 Å². The van der Waals surface area contributed by atoms with Crippen LogP contribution in [0, 0.1) is 0 Å². The van der Waals surface area contributed by atoms with Crippen molar-refractivity contribution in [1.82, 2.24) is 0 Å². The lowest BCUT2D eigenvalue weighted by Gasteiger charge is -2.29. The van der Waals surface area contributed by atoms with Crippen molar-refractivity contribution in [3.05, 3.63) is 59.5 Å². The van der Waals surface area contributed by atoms with E-state index in [1.54, 1.807) is 6.26 Å². The Labute approximate surface area is 108 Å². The molecule has 0 saturated carbocycles. The second kappa shape index (κ2) is 4.99. The van der Waals surface area contributed by atoms with E-state index in [1.165, 1.54) is 30.4 Å². The van der Waals surface area contributed by atoms with Gasteiger partial charge < -0.3 is 10.2 Å². The van der Waals surface area contributed by atoms with Gasteiger partial charge in [-0.3, -0.25) is 0 Å². The fourth-order valence-electron chi connectivity index (χ4n) is 3.04. The van der Waals surface area contributed by atoms with E-state index in [1.807, 2.05) is 12.1 Å². The summed E-state index contributed by atoms with van der Waals surface area (Å²) in [6.45, 7) is 0. The number of hydrogen-bond donors (Lipinski definition) is 1. The second-order valence-electron chi connectivity index (χ2n) is 5.14. The lowest BCUT2D eigenvalue weighted by Crippen LogP contribution is -2.32. The van der Waals surface area contributed by atoms with Crippen LogP contribution in [0.1, 0.15) is 35.6 Å². The predicted molar refractivity (Wildman–Crippen MR) is 72.5 cm³/mol. The Bertz CT molecular complexity index is 504. The maximum Gasteiger partial charge on any atom is 0.105 e. The largest absolute Gasteiger partial charge is 0.469 e. The van der Waals surface area contributed by atoms with Gasteiger partial charge in [0.1, 0.15) is 5.76 Å². The Kier molecular flexibility index (Phi) is 3.20. The molecule has 2 unspecified atom stereocenters. The Balaban J connectivity index is 1.80. The Morgan fingerprint density at radius 3 is 2.94 bits per heavy atom. The first-order chi connectivity index (χ1) is 8.84. The van der Waals surface area contributed by atoms with Gasteiger partial charge in [-0.25, -0.2) is 0 Å². The van der Waals surface area contributed by atoms with E-state index in [2.05, 4.69) is 24.3 Å². The highest BCUT2D eigenvalue weighted by Gasteiger charge is 2.25. The first-order valence-electron chi connectivity index (χ1n) is 6.70. The molecule has 0 fully saturated rings. The molecule has 2 atom stereocenters. The van der Waals surface area contributed by atoms with Crippen LogP contribution in [0.3, 0.4) is 0 Å². The van der Waals surface area contributed by atoms with Crippen molar-refractivity contribution in [1.29, 1.82) is 0 Å². The molecule has 0 spiro atoms. The highest BCUT2D eigenvalue weighted by Crippen LogP contribution is 2.34. The van der Waals surface area contributed by atoms with Crippen LogP contribution >= 0.6 is 0 Å². The maximum absolute atomic E-state index is 6.39. The van der Waals surface area contributed by atoms with Crippen molar-refractivity contribution in [3.63, 3.8) is 0 Å². The SMILES string of the molecule is NC(Cc1ccco1)C1CCCc2ccccc21. The smallest absolute Gasteiger partial charge is 0.105 e. The summed E-state index contributed by atoms with van der Waals surface area (Å²) in [5.41, 5.74) is 9.32. The highest BCUT2D eigenvalue weighted by molar-refractivity contribution is 5.33. The molecule has 1 heterocycles. The number of benzene rings is 1. The molecular formula is C16H19NO. The Morgan fingerprint density at radius 2 is 2.11 bits per heavy atom. The molecule has 2 N–H and O–H groups in total. The topological polar surface area (TPSA) is 39.2 Å². The summed E-state index contributed by atoms with van der Waals surface area (Å²) in [6, 6.07) is 12.8. The van der Waals surface area contributed by atoms with Gasteiger partial charge in [0.05, 0.1) is 6.26 Å². The third-order valence-corrected chi connectivity index (χ3v) is 3.95. The fraction of sp³-hybridized carbons (Fsp3) is 0.375. The summed E-state index contributed by atoms with van der Waals surface area (Å²) in [5, 5.41) is 0. The van der Waals surface area contributed by atoms with E-state index < -0.39 is 0 Å². The van der Waals surface area contributed by atoms with Crippen LogP contribution in [0.25, 0.3) is 0 Å². The summed E-state index contributed by atoms with van der Waals surface area (Å²) in [4.78, 5) is 0. The summed E-state index contributed by atoms with van der Waals surface area (Å²) in [7, 11) is 0. The van der Waals surface area contributed by atoms with Gasteiger partial charge in [-0.2, -0.15) is 0 Å². The van der Waals surface area contributed by atoms with Gasteiger partial charge in [0, 0.05) is 12.5 Å². The minimum atomic E-state index is 0.151. The van der Waals surface area contributed by atoms with Crippen molar-refractivity contribution in [2.45, 2.75) is 37.6 Å². The molecule has 18 heavy (non-hydrogen) atoms. The predicted octanol–water partition coefficient (Wildman–Crippen LogP) is 3.27. The lowest BCUT2D eigenvalue weighted by atomic mass is 9.78. The van der Waals surface area contributed by atoms with Crippen molar-refractivity contribution in [3.8, 4) is 0 Å². The number of furan rings is 1. The highest BCUT2D eigenvalue weighted by atomic mass is 16.3. The van der Waals surface area contributed by atoms with E-state index in [9.17, 15) is 0 Å². The monoisotopic (exact) mass is 241 g/mol. The number of nitrogens with two attached hydrogens (primary N) is 1. The zero-order valence-corrected chi connectivity index (χ0v) is 10.5. The van der Waals surface area contributed by atoms with Crippen LogP contribution in [0.15, 0.2) is 47.1 Å². The van der Waals surface area contributed by atoms with Gasteiger partial charge in [-0.05, 0) is 48.4 Å². The van der Waals surface area contributed by atoms with E-state index in [-0.39, 0.29) is 6.04 Å². The van der Waals surface area contributed by atoms with Gasteiger partial charge >= 0.3 is 0 Å². The molecule has 0 bridgehead atoms. The molecule has 2 heteroatoms. The second-order valence-corrected chi connectivity index (χ2v) is 5.14. The molecule has 0 amide bonds. The standard InChI is InChI=1S/C16H19NO/c17-16(11-13-7-4-10-18-13)15-9-3-6-12-5-1-2-8-14(12)15/h1-2,4-5,7-8,10,15-16H,3,6,9,11,17H2. The normalized spacial score (nSPS) is 20.4. The van der Waals surface area contributed by atoms with E-state index in [0.29, 0.717) is 5.92 Å². The minimum absolute atomic E-state index is 0.151. The average molecular weight is 241 g/mol. The van der Waals surface area contributed by atoms with Gasteiger partial charge in [0.25, 0.3) is 0 Å². The third kappa shape index (κ3) is 2.21. The summed E-state index contributed by atoms with van der Waals surface area (Å²) in [6.07, 6.45) is 6.18. The van der Waals surface area contributed by atoms with E-state index in [4.69, 9.17) is 10.2 Å². The quantitative estimate of drug-likeness (QED) is 0.895. The van der Waals surface area contributed by atoms with Gasteiger partial charge in [0.2, 0.25) is 0 Å². The third-order valence-electron chi connectivity index (χ3n) is 3.95. The summed E-state index contributed by atoms with van der Waals surface area (Å²) in [5.74, 6) is 1.46. The molecule has 0 saturated heterocycles. The molecule has 3 rings (SSSR count). The lowest BCUT2D eigenvalue weighted by molar-refractivity contribution is 0.420. The molecule has 2 nitrogen and oxygen atoms in total. The van der Waals surface area contributed by atoms with E-state index >= 15 is 0 Å². The molecule has 1 aliphatic rings. The summed E-state index contributed by atoms with van der Waals surface area (Å²) >= 11 is 0. The minimum Gasteiger partial charge on any atom is -0.469 e. The molecule has 0 aliphatic heterocycles. The molecule has 0 radical (unpaired) electrons.